The summed E-state index contributed by atoms with van der Waals surface area (Å²) in [5.74, 6) is -0.911. The van der Waals surface area contributed by atoms with E-state index in [1.165, 1.54) is 12.1 Å². The first-order chi connectivity index (χ1) is 14.9. The van der Waals surface area contributed by atoms with Crippen LogP contribution in [0.15, 0.2) is 77.8 Å². The molecule has 4 rings (SSSR count). The molecule has 0 spiro atoms. The third-order valence-electron chi connectivity index (χ3n) is 5.01. The van der Waals surface area contributed by atoms with Gasteiger partial charge in [-0.25, -0.2) is 8.70 Å². The Morgan fingerprint density at radius 2 is 2.00 bits per heavy atom. The van der Waals surface area contributed by atoms with Crippen molar-refractivity contribution in [2.75, 3.05) is 13.1 Å². The van der Waals surface area contributed by atoms with Gasteiger partial charge in [-0.2, -0.15) is 0 Å². The predicted octanol–water partition coefficient (Wildman–Crippen LogP) is 3.47. The molecule has 2 heterocycles. The number of rotatable bonds is 8. The molecule has 0 aliphatic carbocycles. The van der Waals surface area contributed by atoms with Crippen molar-refractivity contribution < 1.29 is 19.0 Å². The molecule has 0 bridgehead atoms. The molecule has 8 heteroatoms. The molecule has 6 nitrogen and oxygen atoms in total. The fraction of sp³-hybridized carbons (Fsp3) is 0.217. The summed E-state index contributed by atoms with van der Waals surface area (Å²) in [5.41, 5.74) is 6.64. The number of carboxylic acid groups (broad SMARTS) is 1. The summed E-state index contributed by atoms with van der Waals surface area (Å²) in [5, 5.41) is 9.03. The number of pyridine rings is 1. The van der Waals surface area contributed by atoms with E-state index in [4.69, 9.17) is 15.6 Å². The van der Waals surface area contributed by atoms with Crippen LogP contribution in [0, 0.1) is 5.82 Å². The second kappa shape index (κ2) is 9.05. The largest absolute Gasteiger partial charge is 0.480 e. The zero-order valence-electron chi connectivity index (χ0n) is 16.6. The van der Waals surface area contributed by atoms with Crippen molar-refractivity contribution in [3.8, 4) is 5.75 Å². The molecule has 3 N–H and O–H groups in total. The first kappa shape index (κ1) is 21.3. The highest BCUT2D eigenvalue weighted by molar-refractivity contribution is 7.97. The molecule has 1 aliphatic rings. The minimum absolute atomic E-state index is 0.268. The number of benzene rings is 2. The zero-order valence-corrected chi connectivity index (χ0v) is 17.5. The van der Waals surface area contributed by atoms with Crippen LogP contribution in [0.3, 0.4) is 0 Å². The van der Waals surface area contributed by atoms with E-state index < -0.39 is 17.6 Å². The Kier molecular flexibility index (Phi) is 6.22. The molecule has 2 aromatic carbocycles. The predicted molar refractivity (Wildman–Crippen MR) is 116 cm³/mol. The molecule has 1 aliphatic heterocycles. The van der Waals surface area contributed by atoms with Crippen LogP contribution in [-0.4, -0.2) is 39.5 Å². The van der Waals surface area contributed by atoms with E-state index in [9.17, 15) is 9.18 Å². The van der Waals surface area contributed by atoms with Gasteiger partial charge in [-0.15, -0.1) is 0 Å². The van der Waals surface area contributed by atoms with E-state index in [-0.39, 0.29) is 12.2 Å². The third-order valence-corrected chi connectivity index (χ3v) is 5.99. The number of nitrogens with two attached hydrogens (primary N) is 1. The lowest BCUT2D eigenvalue weighted by Crippen LogP contribution is -2.60. The smallest absolute Gasteiger partial charge is 0.320 e. The van der Waals surface area contributed by atoms with Crippen LogP contribution in [0.25, 0.3) is 0 Å². The van der Waals surface area contributed by atoms with Gasteiger partial charge in [-0.3, -0.25) is 9.78 Å². The SMILES string of the molecule is N[C@@H](Cc1cccc(SN2CC(Oc3cccc(F)c3)(c3ccccn3)C2)c1)C(=O)O. The van der Waals surface area contributed by atoms with E-state index in [0.717, 1.165) is 16.2 Å². The average molecular weight is 440 g/mol. The minimum Gasteiger partial charge on any atom is -0.480 e. The Bertz CT molecular complexity index is 1060. The van der Waals surface area contributed by atoms with Crippen LogP contribution in [0.4, 0.5) is 4.39 Å². The summed E-state index contributed by atoms with van der Waals surface area (Å²) < 4.78 is 22.0. The number of ether oxygens (including phenoxy) is 1. The third kappa shape index (κ3) is 5.04. The first-order valence-corrected chi connectivity index (χ1v) is 10.6. The first-order valence-electron chi connectivity index (χ1n) is 9.80. The number of nitrogens with zero attached hydrogens (tertiary/aromatic N) is 2. The van der Waals surface area contributed by atoms with Gasteiger partial charge in [0.2, 0.25) is 0 Å². The summed E-state index contributed by atoms with van der Waals surface area (Å²) >= 11 is 1.55. The lowest BCUT2D eigenvalue weighted by atomic mass is 9.92. The molecule has 31 heavy (non-hydrogen) atoms. The molecular weight excluding hydrogens is 417 g/mol. The van der Waals surface area contributed by atoms with Gasteiger partial charge in [0, 0.05) is 17.2 Å². The molecule has 1 saturated heterocycles. The molecule has 0 radical (unpaired) electrons. The highest BCUT2D eigenvalue weighted by Gasteiger charge is 2.48. The molecule has 3 aromatic rings. The second-order valence-electron chi connectivity index (χ2n) is 7.45. The van der Waals surface area contributed by atoms with E-state index in [1.54, 1.807) is 30.3 Å². The Labute approximate surface area is 184 Å². The van der Waals surface area contributed by atoms with Gasteiger partial charge >= 0.3 is 5.97 Å². The topological polar surface area (TPSA) is 88.7 Å². The maximum absolute atomic E-state index is 13.7. The molecule has 1 fully saturated rings. The minimum atomic E-state index is -1.02. The average Bonchev–Trinajstić information content (AvgIpc) is 2.73. The molecule has 1 aromatic heterocycles. The summed E-state index contributed by atoms with van der Waals surface area (Å²) in [6.45, 7) is 1.12. The quantitative estimate of drug-likeness (QED) is 0.520. The Balaban J connectivity index is 1.47. The Hall–Kier alpha value is -2.94. The normalized spacial score (nSPS) is 16.3. The van der Waals surface area contributed by atoms with Crippen molar-refractivity contribution in [1.82, 2.24) is 9.29 Å². The number of aromatic nitrogens is 1. The summed E-state index contributed by atoms with van der Waals surface area (Å²) in [6, 6.07) is 18.5. The van der Waals surface area contributed by atoms with E-state index >= 15 is 0 Å². The molecule has 0 unspecified atom stereocenters. The van der Waals surface area contributed by atoms with Crippen LogP contribution in [0.2, 0.25) is 0 Å². The van der Waals surface area contributed by atoms with Crippen LogP contribution >= 0.6 is 11.9 Å². The van der Waals surface area contributed by atoms with E-state index in [2.05, 4.69) is 9.29 Å². The number of aliphatic carboxylic acids is 1. The highest BCUT2D eigenvalue weighted by atomic mass is 32.2. The van der Waals surface area contributed by atoms with Gasteiger partial charge < -0.3 is 15.6 Å². The summed E-state index contributed by atoms with van der Waals surface area (Å²) in [4.78, 5) is 16.5. The van der Waals surface area contributed by atoms with Gasteiger partial charge in [0.25, 0.3) is 0 Å². The van der Waals surface area contributed by atoms with Crippen molar-refractivity contribution in [1.29, 1.82) is 0 Å². The molecular formula is C23H22FN3O3S. The fourth-order valence-corrected chi connectivity index (χ4v) is 4.66. The van der Waals surface area contributed by atoms with Gasteiger partial charge in [0.15, 0.2) is 5.60 Å². The van der Waals surface area contributed by atoms with Crippen molar-refractivity contribution in [3.05, 3.63) is 90.0 Å². The van der Waals surface area contributed by atoms with Gasteiger partial charge in [0.1, 0.15) is 17.6 Å². The van der Waals surface area contributed by atoms with E-state index in [1.807, 2.05) is 42.5 Å². The molecule has 1 atom stereocenters. The van der Waals surface area contributed by atoms with Crippen LogP contribution < -0.4 is 10.5 Å². The van der Waals surface area contributed by atoms with Crippen LogP contribution in [0.5, 0.6) is 5.75 Å². The van der Waals surface area contributed by atoms with Crippen molar-refractivity contribution >= 4 is 17.9 Å². The summed E-state index contributed by atoms with van der Waals surface area (Å²) in [7, 11) is 0. The number of carboxylic acids is 1. The maximum atomic E-state index is 13.7. The lowest BCUT2D eigenvalue weighted by molar-refractivity contribution is -0.138. The van der Waals surface area contributed by atoms with Crippen LogP contribution in [-0.2, 0) is 16.8 Å². The van der Waals surface area contributed by atoms with Crippen LogP contribution in [0.1, 0.15) is 11.3 Å². The molecule has 0 amide bonds. The standard InChI is InChI=1S/C23H22FN3O3S/c24-17-6-4-7-18(13-17)30-23(21-9-1-2-10-26-21)14-27(15-23)31-19-8-3-5-16(11-19)12-20(25)22(28)29/h1-11,13,20H,12,14-15,25H2,(H,28,29)/t20-/m0/s1. The monoisotopic (exact) mass is 439 g/mol. The number of hydrogen-bond acceptors (Lipinski definition) is 6. The molecule has 160 valence electrons. The number of hydrogen-bond donors (Lipinski definition) is 2. The van der Waals surface area contributed by atoms with Gasteiger partial charge in [-0.1, -0.05) is 24.3 Å². The van der Waals surface area contributed by atoms with Crippen molar-refractivity contribution in [2.24, 2.45) is 5.73 Å². The number of carbonyl (C=O) groups is 1. The second-order valence-corrected chi connectivity index (χ2v) is 8.62. The zero-order chi connectivity index (χ0) is 21.8. The highest BCUT2D eigenvalue weighted by Crippen LogP contribution is 2.41. The summed E-state index contributed by atoms with van der Waals surface area (Å²) in [6.07, 6.45) is 1.99. The van der Waals surface area contributed by atoms with Crippen molar-refractivity contribution in [3.63, 3.8) is 0 Å². The van der Waals surface area contributed by atoms with Crippen molar-refractivity contribution in [2.45, 2.75) is 23.0 Å². The fourth-order valence-electron chi connectivity index (χ4n) is 3.47. The van der Waals surface area contributed by atoms with Gasteiger partial charge in [0.05, 0.1) is 18.8 Å². The molecule has 0 saturated carbocycles. The Morgan fingerprint density at radius 3 is 2.71 bits per heavy atom. The number of halogens is 1. The van der Waals surface area contributed by atoms with Gasteiger partial charge in [-0.05, 0) is 60.3 Å². The van der Waals surface area contributed by atoms with E-state index in [0.29, 0.717) is 18.8 Å². The lowest BCUT2D eigenvalue weighted by Gasteiger charge is -2.48. The maximum Gasteiger partial charge on any atom is 0.320 e. The Morgan fingerprint density at radius 1 is 1.19 bits per heavy atom.